The molecule has 13 heavy (non-hydrogen) atoms. The summed E-state index contributed by atoms with van der Waals surface area (Å²) in [5, 5.41) is 0. The molecule has 1 aliphatic heterocycles. The maximum Gasteiger partial charge on any atom is 0.309 e. The van der Waals surface area contributed by atoms with E-state index >= 15 is 0 Å². The smallest absolute Gasteiger partial charge is 0.309 e. The topological polar surface area (TPSA) is 35.5 Å². The van der Waals surface area contributed by atoms with Crippen molar-refractivity contribution in [2.75, 3.05) is 6.61 Å². The van der Waals surface area contributed by atoms with Crippen LogP contribution in [0.1, 0.15) is 19.8 Å². The van der Waals surface area contributed by atoms with Gasteiger partial charge in [0.1, 0.15) is 6.10 Å². The highest BCUT2D eigenvalue weighted by molar-refractivity contribution is 5.76. The number of esters is 1. The minimum absolute atomic E-state index is 0.0275. The molecule has 5 unspecified atom stereocenters. The van der Waals surface area contributed by atoms with Gasteiger partial charge >= 0.3 is 5.97 Å². The largest absolute Gasteiger partial charge is 0.459 e. The van der Waals surface area contributed by atoms with Crippen molar-refractivity contribution in [3.8, 4) is 0 Å². The molecule has 2 saturated carbocycles. The number of hydrogen-bond donors (Lipinski definition) is 0. The normalized spacial score (nSPS) is 51.5. The highest BCUT2D eigenvalue weighted by Crippen LogP contribution is 2.55. The lowest BCUT2D eigenvalue weighted by molar-refractivity contribution is -0.147. The maximum absolute atomic E-state index is 11.4. The fraction of sp³-hybridized carbons (Fsp3) is 0.900. The van der Waals surface area contributed by atoms with E-state index in [9.17, 15) is 4.79 Å². The Hall–Kier alpha value is -0.570. The molecule has 3 nitrogen and oxygen atoms in total. The first kappa shape index (κ1) is 7.80. The number of ether oxygens (including phenoxy) is 2. The summed E-state index contributed by atoms with van der Waals surface area (Å²) in [6, 6.07) is 0. The lowest BCUT2D eigenvalue weighted by Crippen LogP contribution is -2.34. The Kier molecular flexibility index (Phi) is 1.48. The van der Waals surface area contributed by atoms with Crippen molar-refractivity contribution < 1.29 is 14.3 Å². The van der Waals surface area contributed by atoms with Crippen molar-refractivity contribution >= 4 is 5.97 Å². The van der Waals surface area contributed by atoms with Gasteiger partial charge in [0.2, 0.25) is 0 Å². The first-order valence-electron chi connectivity index (χ1n) is 5.13. The molecular formula is C10H14O3. The molecule has 0 amide bonds. The van der Waals surface area contributed by atoms with E-state index in [1.54, 1.807) is 0 Å². The van der Waals surface area contributed by atoms with Crippen LogP contribution in [0.3, 0.4) is 0 Å². The van der Waals surface area contributed by atoms with Gasteiger partial charge in [-0.3, -0.25) is 4.79 Å². The van der Waals surface area contributed by atoms with Gasteiger partial charge in [-0.05, 0) is 25.7 Å². The summed E-state index contributed by atoms with van der Waals surface area (Å²) in [6.07, 6.45) is 2.45. The third kappa shape index (κ3) is 0.857. The number of fused-ring (bicyclic) bond motifs is 1. The average Bonchev–Trinajstić information content (AvgIpc) is 2.69. The molecule has 0 N–H and O–H groups in total. The van der Waals surface area contributed by atoms with Crippen LogP contribution in [0.4, 0.5) is 0 Å². The zero-order valence-corrected chi connectivity index (χ0v) is 7.73. The molecule has 2 aliphatic carbocycles. The molecule has 3 aliphatic rings. The molecule has 1 heterocycles. The summed E-state index contributed by atoms with van der Waals surface area (Å²) >= 11 is 0. The summed E-state index contributed by atoms with van der Waals surface area (Å²) in [5.41, 5.74) is 0. The van der Waals surface area contributed by atoms with Crippen LogP contribution in [-0.4, -0.2) is 24.8 Å². The van der Waals surface area contributed by atoms with Crippen LogP contribution >= 0.6 is 0 Å². The van der Waals surface area contributed by atoms with Crippen molar-refractivity contribution in [1.82, 2.24) is 0 Å². The van der Waals surface area contributed by atoms with Crippen molar-refractivity contribution in [3.05, 3.63) is 0 Å². The van der Waals surface area contributed by atoms with Gasteiger partial charge in [0.05, 0.1) is 12.0 Å². The van der Waals surface area contributed by atoms with E-state index in [1.165, 1.54) is 0 Å². The number of carbonyl (C=O) groups excluding carboxylic acids is 1. The summed E-state index contributed by atoms with van der Waals surface area (Å²) in [5.74, 6) is 1.31. The molecule has 3 rings (SSSR count). The van der Waals surface area contributed by atoms with E-state index in [1.807, 2.05) is 6.92 Å². The quantitative estimate of drug-likeness (QED) is 0.597. The van der Waals surface area contributed by atoms with E-state index in [4.69, 9.17) is 9.47 Å². The molecule has 0 spiro atoms. The van der Waals surface area contributed by atoms with Gasteiger partial charge in [0, 0.05) is 12.5 Å². The highest BCUT2D eigenvalue weighted by atomic mass is 16.6. The number of hydrogen-bond acceptors (Lipinski definition) is 3. The molecule has 0 aromatic carbocycles. The minimum atomic E-state index is 0.0275. The number of carbonyl (C=O) groups is 1. The summed E-state index contributed by atoms with van der Waals surface area (Å²) < 4.78 is 11.0. The fourth-order valence-corrected chi connectivity index (χ4v) is 3.32. The lowest BCUT2D eigenvalue weighted by Gasteiger charge is -2.24. The van der Waals surface area contributed by atoms with Crippen LogP contribution in [0.15, 0.2) is 0 Å². The minimum Gasteiger partial charge on any atom is -0.459 e. The SMILES string of the molecule is CCOC1C2CC3C(=O)OC1C3C2. The molecule has 72 valence electrons. The van der Waals surface area contributed by atoms with Crippen LogP contribution in [-0.2, 0) is 14.3 Å². The van der Waals surface area contributed by atoms with Crippen molar-refractivity contribution in [3.63, 3.8) is 0 Å². The number of rotatable bonds is 2. The van der Waals surface area contributed by atoms with Crippen LogP contribution in [0.5, 0.6) is 0 Å². The lowest BCUT2D eigenvalue weighted by atomic mass is 9.88. The van der Waals surface area contributed by atoms with Gasteiger partial charge in [-0.1, -0.05) is 0 Å². The molecule has 0 radical (unpaired) electrons. The Bertz CT molecular complexity index is 251. The fourth-order valence-electron chi connectivity index (χ4n) is 3.32. The second-order valence-electron chi connectivity index (χ2n) is 4.32. The van der Waals surface area contributed by atoms with Gasteiger partial charge in [-0.25, -0.2) is 0 Å². The van der Waals surface area contributed by atoms with E-state index in [0.717, 1.165) is 19.4 Å². The summed E-state index contributed by atoms with van der Waals surface area (Å²) in [6.45, 7) is 2.73. The van der Waals surface area contributed by atoms with Gasteiger partial charge in [-0.15, -0.1) is 0 Å². The van der Waals surface area contributed by atoms with E-state index in [0.29, 0.717) is 11.8 Å². The molecule has 3 heteroatoms. The summed E-state index contributed by atoms with van der Waals surface area (Å²) in [7, 11) is 0. The predicted molar refractivity (Wildman–Crippen MR) is 45.0 cm³/mol. The van der Waals surface area contributed by atoms with Crippen LogP contribution < -0.4 is 0 Å². The second kappa shape index (κ2) is 2.47. The van der Waals surface area contributed by atoms with Crippen molar-refractivity contribution in [2.45, 2.75) is 32.0 Å². The highest BCUT2D eigenvalue weighted by Gasteiger charge is 2.62. The second-order valence-corrected chi connectivity index (χ2v) is 4.32. The maximum atomic E-state index is 11.4. The first-order chi connectivity index (χ1) is 6.31. The average molecular weight is 182 g/mol. The van der Waals surface area contributed by atoms with Gasteiger partial charge < -0.3 is 9.47 Å². The van der Waals surface area contributed by atoms with Gasteiger partial charge in [0.15, 0.2) is 0 Å². The Labute approximate surface area is 77.4 Å². The molecular weight excluding hydrogens is 168 g/mol. The Morgan fingerprint density at radius 1 is 1.54 bits per heavy atom. The standard InChI is InChI=1S/C10H14O3/c1-2-12-8-5-3-6-7(4-5)10(11)13-9(6)8/h5-9H,2-4H2,1H3. The Balaban J connectivity index is 1.86. The van der Waals surface area contributed by atoms with Crippen LogP contribution in [0, 0.1) is 17.8 Å². The molecule has 0 aromatic rings. The molecule has 2 bridgehead atoms. The van der Waals surface area contributed by atoms with Gasteiger partial charge in [-0.2, -0.15) is 0 Å². The molecule has 3 fully saturated rings. The van der Waals surface area contributed by atoms with Crippen molar-refractivity contribution in [2.24, 2.45) is 17.8 Å². The van der Waals surface area contributed by atoms with E-state index in [-0.39, 0.29) is 24.1 Å². The third-order valence-electron chi connectivity index (χ3n) is 3.77. The van der Waals surface area contributed by atoms with Crippen LogP contribution in [0.2, 0.25) is 0 Å². The molecule has 5 atom stereocenters. The third-order valence-corrected chi connectivity index (χ3v) is 3.77. The van der Waals surface area contributed by atoms with Crippen molar-refractivity contribution in [1.29, 1.82) is 0 Å². The van der Waals surface area contributed by atoms with Gasteiger partial charge in [0.25, 0.3) is 0 Å². The van der Waals surface area contributed by atoms with Crippen LogP contribution in [0.25, 0.3) is 0 Å². The predicted octanol–water partition coefficient (Wildman–Crippen LogP) is 0.973. The zero-order chi connectivity index (χ0) is 9.00. The van der Waals surface area contributed by atoms with E-state index in [2.05, 4.69) is 0 Å². The Morgan fingerprint density at radius 2 is 2.38 bits per heavy atom. The molecule has 0 aromatic heterocycles. The first-order valence-corrected chi connectivity index (χ1v) is 5.13. The van der Waals surface area contributed by atoms with E-state index < -0.39 is 0 Å². The summed E-state index contributed by atoms with van der Waals surface area (Å²) in [4.78, 5) is 11.4. The Morgan fingerprint density at radius 3 is 3.15 bits per heavy atom. The molecule has 1 saturated heterocycles. The zero-order valence-electron chi connectivity index (χ0n) is 7.73. The monoisotopic (exact) mass is 182 g/mol.